The Bertz CT molecular complexity index is 642. The Hall–Kier alpha value is -1.15. The fourth-order valence-electron chi connectivity index (χ4n) is 6.75. The van der Waals surface area contributed by atoms with Gasteiger partial charge in [0.1, 0.15) is 0 Å². The van der Waals surface area contributed by atoms with E-state index in [1.807, 2.05) is 6.08 Å². The summed E-state index contributed by atoms with van der Waals surface area (Å²) in [6.07, 6.45) is 15.5. The summed E-state index contributed by atoms with van der Waals surface area (Å²) in [5.41, 5.74) is 1.59. The third-order valence-corrected chi connectivity index (χ3v) is 8.16. The molecule has 4 rings (SSSR count). The van der Waals surface area contributed by atoms with Crippen LogP contribution in [0.25, 0.3) is 0 Å². The number of fused-ring (bicyclic) bond motifs is 5. The van der Waals surface area contributed by atoms with Crippen molar-refractivity contribution in [2.75, 3.05) is 6.61 Å². The lowest BCUT2D eigenvalue weighted by Crippen LogP contribution is -2.48. The van der Waals surface area contributed by atoms with Crippen molar-refractivity contribution in [1.82, 2.24) is 0 Å². The third kappa shape index (κ3) is 2.08. The molecule has 2 nitrogen and oxygen atoms in total. The highest BCUT2D eigenvalue weighted by atomic mass is 16.3. The van der Waals surface area contributed by atoms with Crippen molar-refractivity contribution in [3.05, 3.63) is 36.0 Å². The summed E-state index contributed by atoms with van der Waals surface area (Å²) in [6.45, 7) is 7.35. The Morgan fingerprint density at radius 1 is 1.21 bits per heavy atom. The number of rotatable bonds is 2. The summed E-state index contributed by atoms with van der Waals surface area (Å²) < 4.78 is 0. The van der Waals surface area contributed by atoms with Gasteiger partial charge in [0.2, 0.25) is 0 Å². The zero-order chi connectivity index (χ0) is 17.1. The van der Waals surface area contributed by atoms with E-state index in [2.05, 4.69) is 39.0 Å². The molecule has 2 fully saturated rings. The molecule has 2 heteroatoms. The van der Waals surface area contributed by atoms with Crippen molar-refractivity contribution in [2.24, 2.45) is 40.4 Å². The molecule has 0 amide bonds. The minimum absolute atomic E-state index is 0.0232. The SMILES string of the molecule is C[C@H](CO)[C@H]1CC[C@H]2[C@@H]3C=CC4=CC(=O)C=C[C@]4(C)[C@H]3CC[C@]12C. The van der Waals surface area contributed by atoms with Crippen molar-refractivity contribution >= 4 is 5.78 Å². The van der Waals surface area contributed by atoms with Crippen LogP contribution < -0.4 is 0 Å². The summed E-state index contributed by atoms with van der Waals surface area (Å²) in [5, 5.41) is 9.69. The molecular weight excluding hydrogens is 296 g/mol. The first kappa shape index (κ1) is 16.3. The smallest absolute Gasteiger partial charge is 0.178 e. The lowest BCUT2D eigenvalue weighted by Gasteiger charge is -2.55. The third-order valence-electron chi connectivity index (χ3n) is 8.16. The van der Waals surface area contributed by atoms with E-state index in [-0.39, 0.29) is 11.2 Å². The maximum absolute atomic E-state index is 11.8. The standard InChI is InChI=1S/C22H30O2/c1-14(13-23)18-6-7-19-17-5-4-15-12-16(24)8-10-21(15,2)20(17)9-11-22(18,19)3/h4-5,8,10,12,14,17-20,23H,6-7,9,11,13H2,1-3H3/t14-,17+,18-,19+,20+,21+,22-/m1/s1. The van der Waals surface area contributed by atoms with E-state index in [9.17, 15) is 9.90 Å². The number of carbonyl (C=O) groups is 1. The number of carbonyl (C=O) groups excluding carboxylic acids is 1. The van der Waals surface area contributed by atoms with Gasteiger partial charge in [0, 0.05) is 12.0 Å². The first-order valence-electron chi connectivity index (χ1n) is 9.64. The van der Waals surface area contributed by atoms with Crippen LogP contribution in [0.3, 0.4) is 0 Å². The molecule has 0 aromatic heterocycles. The van der Waals surface area contributed by atoms with Crippen LogP contribution in [0.2, 0.25) is 0 Å². The number of hydrogen-bond acceptors (Lipinski definition) is 2. The zero-order valence-corrected chi connectivity index (χ0v) is 15.2. The molecule has 0 unspecified atom stereocenters. The second-order valence-electron chi connectivity index (χ2n) is 9.16. The molecule has 0 aromatic rings. The highest BCUT2D eigenvalue weighted by Crippen LogP contribution is 2.65. The monoisotopic (exact) mass is 326 g/mol. The van der Waals surface area contributed by atoms with Gasteiger partial charge in [-0.25, -0.2) is 0 Å². The molecule has 0 radical (unpaired) electrons. The molecule has 0 spiro atoms. The Balaban J connectivity index is 1.70. The predicted octanol–water partition coefficient (Wildman–Crippen LogP) is 4.31. The maximum Gasteiger partial charge on any atom is 0.178 e. The molecular formula is C22H30O2. The van der Waals surface area contributed by atoms with E-state index >= 15 is 0 Å². The minimum Gasteiger partial charge on any atom is -0.396 e. The second-order valence-corrected chi connectivity index (χ2v) is 9.16. The van der Waals surface area contributed by atoms with Gasteiger partial charge < -0.3 is 5.11 Å². The van der Waals surface area contributed by atoms with E-state index in [4.69, 9.17) is 0 Å². The molecule has 0 heterocycles. The van der Waals surface area contributed by atoms with E-state index in [0.717, 1.165) is 5.92 Å². The van der Waals surface area contributed by atoms with Gasteiger partial charge in [-0.15, -0.1) is 0 Å². The Morgan fingerprint density at radius 2 is 2.00 bits per heavy atom. The molecule has 2 saturated carbocycles. The molecule has 0 aliphatic heterocycles. The van der Waals surface area contributed by atoms with Crippen LogP contribution >= 0.6 is 0 Å². The van der Waals surface area contributed by atoms with Crippen LogP contribution in [0.5, 0.6) is 0 Å². The number of aliphatic hydroxyl groups is 1. The van der Waals surface area contributed by atoms with Gasteiger partial charge in [0.25, 0.3) is 0 Å². The molecule has 4 aliphatic rings. The average molecular weight is 326 g/mol. The highest BCUT2D eigenvalue weighted by Gasteiger charge is 2.58. The first-order chi connectivity index (χ1) is 11.4. The Labute approximate surface area is 145 Å². The average Bonchev–Trinajstić information content (AvgIpc) is 2.92. The molecule has 1 N–H and O–H groups in total. The summed E-state index contributed by atoms with van der Waals surface area (Å²) in [4.78, 5) is 11.8. The van der Waals surface area contributed by atoms with Gasteiger partial charge in [-0.05, 0) is 78.4 Å². The van der Waals surface area contributed by atoms with Crippen LogP contribution in [0.15, 0.2) is 36.0 Å². The Kier molecular flexibility index (Phi) is 3.69. The molecule has 130 valence electrons. The molecule has 4 aliphatic carbocycles. The van der Waals surface area contributed by atoms with Crippen molar-refractivity contribution in [3.8, 4) is 0 Å². The van der Waals surface area contributed by atoms with Crippen molar-refractivity contribution in [2.45, 2.75) is 46.5 Å². The van der Waals surface area contributed by atoms with Crippen molar-refractivity contribution < 1.29 is 9.90 Å². The second kappa shape index (κ2) is 5.42. The summed E-state index contributed by atoms with van der Waals surface area (Å²) in [7, 11) is 0. The van der Waals surface area contributed by atoms with Crippen LogP contribution in [-0.2, 0) is 4.79 Å². The van der Waals surface area contributed by atoms with E-state index < -0.39 is 0 Å². The number of allylic oxidation sites excluding steroid dienone is 6. The van der Waals surface area contributed by atoms with Gasteiger partial charge >= 0.3 is 0 Å². The number of aliphatic hydroxyl groups excluding tert-OH is 1. The first-order valence-corrected chi connectivity index (χ1v) is 9.64. The number of ketones is 1. The van der Waals surface area contributed by atoms with E-state index in [0.29, 0.717) is 35.7 Å². The Morgan fingerprint density at radius 3 is 2.75 bits per heavy atom. The summed E-state index contributed by atoms with van der Waals surface area (Å²) in [5.74, 6) is 3.12. The normalized spacial score (nSPS) is 47.7. The highest BCUT2D eigenvalue weighted by molar-refractivity contribution is 6.01. The molecule has 0 aromatic carbocycles. The van der Waals surface area contributed by atoms with Gasteiger partial charge in [-0.3, -0.25) is 4.79 Å². The summed E-state index contributed by atoms with van der Waals surface area (Å²) >= 11 is 0. The molecule has 0 saturated heterocycles. The number of hydrogen-bond donors (Lipinski definition) is 1. The van der Waals surface area contributed by atoms with Crippen molar-refractivity contribution in [1.29, 1.82) is 0 Å². The van der Waals surface area contributed by atoms with Gasteiger partial charge in [-0.2, -0.15) is 0 Å². The van der Waals surface area contributed by atoms with E-state index in [1.165, 1.54) is 31.3 Å². The summed E-state index contributed by atoms with van der Waals surface area (Å²) in [6, 6.07) is 0. The molecule has 0 bridgehead atoms. The zero-order valence-electron chi connectivity index (χ0n) is 15.2. The largest absolute Gasteiger partial charge is 0.396 e. The topological polar surface area (TPSA) is 37.3 Å². The van der Waals surface area contributed by atoms with Crippen LogP contribution in [0.1, 0.15) is 46.5 Å². The van der Waals surface area contributed by atoms with Crippen LogP contribution in [0.4, 0.5) is 0 Å². The fourth-order valence-corrected chi connectivity index (χ4v) is 6.75. The predicted molar refractivity (Wildman–Crippen MR) is 96.3 cm³/mol. The van der Waals surface area contributed by atoms with Gasteiger partial charge in [0.15, 0.2) is 5.78 Å². The maximum atomic E-state index is 11.8. The van der Waals surface area contributed by atoms with Gasteiger partial charge in [-0.1, -0.05) is 39.0 Å². The lowest BCUT2D eigenvalue weighted by molar-refractivity contribution is -0.110. The van der Waals surface area contributed by atoms with Crippen LogP contribution in [0, 0.1) is 40.4 Å². The van der Waals surface area contributed by atoms with E-state index in [1.54, 1.807) is 6.08 Å². The minimum atomic E-state index is 0.0232. The van der Waals surface area contributed by atoms with Gasteiger partial charge in [0.05, 0.1) is 0 Å². The fraction of sp³-hybridized carbons (Fsp3) is 0.682. The quantitative estimate of drug-likeness (QED) is 0.821. The molecule has 24 heavy (non-hydrogen) atoms. The molecule has 7 atom stereocenters. The van der Waals surface area contributed by atoms with Crippen molar-refractivity contribution in [3.63, 3.8) is 0 Å². The lowest BCUT2D eigenvalue weighted by atomic mass is 9.49. The van der Waals surface area contributed by atoms with Crippen LogP contribution in [-0.4, -0.2) is 17.5 Å².